The minimum absolute atomic E-state index is 0.00149. The minimum atomic E-state index is 0.00149. The van der Waals surface area contributed by atoms with Crippen LogP contribution < -0.4 is 0 Å². The van der Waals surface area contributed by atoms with Crippen LogP contribution in [-0.2, 0) is 11.2 Å². The molecule has 1 aliphatic heterocycles. The van der Waals surface area contributed by atoms with Gasteiger partial charge in [-0.2, -0.15) is 0 Å². The van der Waals surface area contributed by atoms with E-state index in [0.717, 1.165) is 25.9 Å². The summed E-state index contributed by atoms with van der Waals surface area (Å²) in [4.78, 5) is 2.31. The van der Waals surface area contributed by atoms with Crippen molar-refractivity contribution in [2.45, 2.75) is 12.8 Å². The zero-order chi connectivity index (χ0) is 12.8. The molecule has 1 aromatic rings. The van der Waals surface area contributed by atoms with Crippen LogP contribution in [0.25, 0.3) is 0 Å². The molecule has 0 aromatic heterocycles. The van der Waals surface area contributed by atoms with E-state index in [2.05, 4.69) is 42.3 Å². The highest BCUT2D eigenvalue weighted by atomic mass is 16.5. The molecule has 1 heterocycles. The van der Waals surface area contributed by atoms with Crippen molar-refractivity contribution in [2.75, 3.05) is 40.0 Å². The Bertz CT molecular complexity index is 343. The molecule has 0 amide bonds. The van der Waals surface area contributed by atoms with Crippen molar-refractivity contribution < 1.29 is 9.84 Å². The van der Waals surface area contributed by atoms with Gasteiger partial charge in [0, 0.05) is 6.54 Å². The van der Waals surface area contributed by atoms with Gasteiger partial charge in [0.1, 0.15) is 0 Å². The number of benzene rings is 1. The molecular formula is C15H23NO2. The fourth-order valence-electron chi connectivity index (χ4n) is 2.47. The van der Waals surface area contributed by atoms with E-state index in [1.54, 1.807) is 0 Å². The Morgan fingerprint density at radius 2 is 2.00 bits per heavy atom. The van der Waals surface area contributed by atoms with E-state index in [1.165, 1.54) is 5.56 Å². The molecule has 0 saturated carbocycles. The summed E-state index contributed by atoms with van der Waals surface area (Å²) in [6.07, 6.45) is 2.27. The standard InChI is InChI=1S/C15H23NO2/c1-16(10-15(11-17)12-18-13-15)9-5-8-14-6-3-2-4-7-14/h2-4,6-7,17H,5,8-13H2,1H3. The highest BCUT2D eigenvalue weighted by Gasteiger charge is 2.38. The molecule has 1 aliphatic rings. The van der Waals surface area contributed by atoms with Crippen LogP contribution in [0.4, 0.5) is 0 Å². The molecule has 0 aliphatic carbocycles. The average molecular weight is 249 g/mol. The third-order valence-corrected chi connectivity index (χ3v) is 3.61. The van der Waals surface area contributed by atoms with Crippen LogP contribution in [0.15, 0.2) is 30.3 Å². The van der Waals surface area contributed by atoms with Gasteiger partial charge >= 0.3 is 0 Å². The number of ether oxygens (including phenoxy) is 1. The number of aryl methyl sites for hydroxylation is 1. The summed E-state index contributed by atoms with van der Waals surface area (Å²) >= 11 is 0. The first-order chi connectivity index (χ1) is 8.74. The molecule has 1 saturated heterocycles. The first-order valence-electron chi connectivity index (χ1n) is 6.65. The quantitative estimate of drug-likeness (QED) is 0.796. The molecule has 1 N–H and O–H groups in total. The lowest BCUT2D eigenvalue weighted by molar-refractivity contribution is -0.146. The monoisotopic (exact) mass is 249 g/mol. The van der Waals surface area contributed by atoms with Crippen LogP contribution in [0.5, 0.6) is 0 Å². The predicted molar refractivity (Wildman–Crippen MR) is 72.6 cm³/mol. The number of nitrogens with zero attached hydrogens (tertiary/aromatic N) is 1. The van der Waals surface area contributed by atoms with E-state index >= 15 is 0 Å². The lowest BCUT2D eigenvalue weighted by Gasteiger charge is -2.42. The first kappa shape index (κ1) is 13.5. The van der Waals surface area contributed by atoms with Crippen LogP contribution in [0.3, 0.4) is 0 Å². The predicted octanol–water partition coefficient (Wildman–Crippen LogP) is 1.56. The Hall–Kier alpha value is -0.900. The minimum Gasteiger partial charge on any atom is -0.396 e. The number of aliphatic hydroxyl groups excluding tert-OH is 1. The van der Waals surface area contributed by atoms with Crippen molar-refractivity contribution in [1.29, 1.82) is 0 Å². The van der Waals surface area contributed by atoms with E-state index in [9.17, 15) is 5.11 Å². The smallest absolute Gasteiger partial charge is 0.0579 e. The number of aliphatic hydroxyl groups is 1. The van der Waals surface area contributed by atoms with E-state index in [1.807, 2.05) is 0 Å². The fraction of sp³-hybridized carbons (Fsp3) is 0.600. The van der Waals surface area contributed by atoms with Crippen LogP contribution in [0.2, 0.25) is 0 Å². The van der Waals surface area contributed by atoms with Gasteiger partial charge in [-0.1, -0.05) is 30.3 Å². The Kier molecular flexibility index (Phi) is 4.75. The molecule has 0 bridgehead atoms. The van der Waals surface area contributed by atoms with Gasteiger partial charge in [0.2, 0.25) is 0 Å². The lowest BCUT2D eigenvalue weighted by Crippen LogP contribution is -2.52. The zero-order valence-corrected chi connectivity index (χ0v) is 11.1. The SMILES string of the molecule is CN(CCCc1ccccc1)CC1(CO)COC1. The maximum atomic E-state index is 9.38. The Morgan fingerprint density at radius 1 is 1.28 bits per heavy atom. The summed E-state index contributed by atoms with van der Waals surface area (Å²) < 4.78 is 5.22. The summed E-state index contributed by atoms with van der Waals surface area (Å²) in [5.74, 6) is 0. The van der Waals surface area contributed by atoms with Crippen molar-refractivity contribution in [2.24, 2.45) is 5.41 Å². The average Bonchev–Trinajstić information content (AvgIpc) is 2.35. The van der Waals surface area contributed by atoms with Crippen LogP contribution >= 0.6 is 0 Å². The highest BCUT2D eigenvalue weighted by molar-refractivity contribution is 5.14. The van der Waals surface area contributed by atoms with Gasteiger partial charge in [0.05, 0.1) is 25.2 Å². The Balaban J connectivity index is 1.67. The van der Waals surface area contributed by atoms with Crippen molar-refractivity contribution in [3.63, 3.8) is 0 Å². The highest BCUT2D eigenvalue weighted by Crippen LogP contribution is 2.27. The lowest BCUT2D eigenvalue weighted by atomic mass is 9.86. The third-order valence-electron chi connectivity index (χ3n) is 3.61. The molecular weight excluding hydrogens is 226 g/mol. The summed E-state index contributed by atoms with van der Waals surface area (Å²) in [6, 6.07) is 10.6. The van der Waals surface area contributed by atoms with E-state index < -0.39 is 0 Å². The maximum absolute atomic E-state index is 9.38. The number of hydrogen-bond acceptors (Lipinski definition) is 3. The molecule has 18 heavy (non-hydrogen) atoms. The molecule has 100 valence electrons. The second-order valence-electron chi connectivity index (χ2n) is 5.48. The van der Waals surface area contributed by atoms with E-state index in [0.29, 0.717) is 13.2 Å². The van der Waals surface area contributed by atoms with Gasteiger partial charge in [-0.05, 0) is 32.0 Å². The molecule has 0 radical (unpaired) electrons. The van der Waals surface area contributed by atoms with E-state index in [4.69, 9.17) is 4.74 Å². The maximum Gasteiger partial charge on any atom is 0.0579 e. The van der Waals surface area contributed by atoms with Gasteiger partial charge in [-0.15, -0.1) is 0 Å². The van der Waals surface area contributed by atoms with Gasteiger partial charge in [-0.25, -0.2) is 0 Å². The second-order valence-corrected chi connectivity index (χ2v) is 5.48. The largest absolute Gasteiger partial charge is 0.396 e. The first-order valence-corrected chi connectivity index (χ1v) is 6.65. The summed E-state index contributed by atoms with van der Waals surface area (Å²) in [5.41, 5.74) is 1.40. The molecule has 1 fully saturated rings. The molecule has 1 aromatic carbocycles. The molecule has 0 atom stereocenters. The van der Waals surface area contributed by atoms with Gasteiger partial charge in [0.15, 0.2) is 0 Å². The van der Waals surface area contributed by atoms with Crippen molar-refractivity contribution in [3.05, 3.63) is 35.9 Å². The molecule has 0 spiro atoms. The number of rotatable bonds is 7. The number of hydrogen-bond donors (Lipinski definition) is 1. The van der Waals surface area contributed by atoms with Crippen molar-refractivity contribution in [1.82, 2.24) is 4.90 Å². The molecule has 0 unspecified atom stereocenters. The topological polar surface area (TPSA) is 32.7 Å². The van der Waals surface area contributed by atoms with Crippen molar-refractivity contribution >= 4 is 0 Å². The van der Waals surface area contributed by atoms with Gasteiger partial charge in [-0.3, -0.25) is 0 Å². The molecule has 2 rings (SSSR count). The molecule has 3 heteroatoms. The molecule has 3 nitrogen and oxygen atoms in total. The Morgan fingerprint density at radius 3 is 2.56 bits per heavy atom. The second kappa shape index (κ2) is 6.32. The van der Waals surface area contributed by atoms with Crippen LogP contribution in [-0.4, -0.2) is 50.0 Å². The fourth-order valence-corrected chi connectivity index (χ4v) is 2.47. The van der Waals surface area contributed by atoms with Crippen LogP contribution in [0, 0.1) is 5.41 Å². The van der Waals surface area contributed by atoms with E-state index in [-0.39, 0.29) is 12.0 Å². The zero-order valence-electron chi connectivity index (χ0n) is 11.1. The Labute approximate surface area is 109 Å². The van der Waals surface area contributed by atoms with Gasteiger partial charge < -0.3 is 14.7 Å². The summed E-state index contributed by atoms with van der Waals surface area (Å²) in [5, 5.41) is 9.38. The van der Waals surface area contributed by atoms with Gasteiger partial charge in [0.25, 0.3) is 0 Å². The van der Waals surface area contributed by atoms with Crippen molar-refractivity contribution in [3.8, 4) is 0 Å². The normalized spacial score (nSPS) is 17.7. The third kappa shape index (κ3) is 3.55. The summed E-state index contributed by atoms with van der Waals surface area (Å²) in [7, 11) is 2.13. The van der Waals surface area contributed by atoms with Crippen LogP contribution in [0.1, 0.15) is 12.0 Å². The summed E-state index contributed by atoms with van der Waals surface area (Å²) in [6.45, 7) is 3.63.